The Morgan fingerprint density at radius 3 is 2.50 bits per heavy atom. The molecule has 2 saturated heterocycles. The lowest BCUT2D eigenvalue weighted by atomic mass is 10.00. The van der Waals surface area contributed by atoms with Crippen molar-refractivity contribution in [3.05, 3.63) is 0 Å². The summed E-state index contributed by atoms with van der Waals surface area (Å²) in [5.41, 5.74) is 0. The van der Waals surface area contributed by atoms with Crippen molar-refractivity contribution in [2.75, 3.05) is 13.2 Å². The van der Waals surface area contributed by atoms with Crippen molar-refractivity contribution in [2.24, 2.45) is 5.92 Å². The van der Waals surface area contributed by atoms with E-state index < -0.39 is 0 Å². The summed E-state index contributed by atoms with van der Waals surface area (Å²) in [5.74, 6) is 0.973. The van der Waals surface area contributed by atoms with E-state index in [0.717, 1.165) is 26.1 Å². The summed E-state index contributed by atoms with van der Waals surface area (Å²) in [5, 5.41) is 3.53. The third kappa shape index (κ3) is 2.16. The molecule has 0 radical (unpaired) electrons. The highest BCUT2D eigenvalue weighted by atomic mass is 16.5. The van der Waals surface area contributed by atoms with Gasteiger partial charge < -0.3 is 9.64 Å². The zero-order valence-electron chi connectivity index (χ0n) is 11.2. The van der Waals surface area contributed by atoms with Crippen LogP contribution >= 0.6 is 0 Å². The van der Waals surface area contributed by atoms with E-state index in [2.05, 4.69) is 10.2 Å². The minimum atomic E-state index is -0.00144. The summed E-state index contributed by atoms with van der Waals surface area (Å²) in [7, 11) is 0. The van der Waals surface area contributed by atoms with Gasteiger partial charge in [0.05, 0.1) is 12.2 Å². The summed E-state index contributed by atoms with van der Waals surface area (Å²) in [4.78, 5) is 14.6. The van der Waals surface area contributed by atoms with Crippen LogP contribution < -0.4 is 5.32 Å². The predicted octanol–water partition coefficient (Wildman–Crippen LogP) is 1.50. The van der Waals surface area contributed by atoms with Crippen LogP contribution in [0.2, 0.25) is 0 Å². The number of hydrogen-bond acceptors (Lipinski definition) is 3. The van der Waals surface area contributed by atoms with Gasteiger partial charge in [-0.15, -0.1) is 0 Å². The van der Waals surface area contributed by atoms with E-state index in [1.54, 1.807) is 0 Å². The van der Waals surface area contributed by atoms with E-state index in [-0.39, 0.29) is 12.2 Å². The number of amides is 1. The van der Waals surface area contributed by atoms with Crippen molar-refractivity contribution < 1.29 is 9.53 Å². The maximum atomic E-state index is 12.4. The smallest absolute Gasteiger partial charge is 0.240 e. The summed E-state index contributed by atoms with van der Waals surface area (Å²) in [6.07, 6.45) is 7.50. The topological polar surface area (TPSA) is 41.6 Å². The van der Waals surface area contributed by atoms with Crippen LogP contribution in [0.15, 0.2) is 0 Å². The van der Waals surface area contributed by atoms with Gasteiger partial charge in [0.25, 0.3) is 0 Å². The Morgan fingerprint density at radius 2 is 1.83 bits per heavy atom. The second kappa shape index (κ2) is 5.17. The Kier molecular flexibility index (Phi) is 3.57. The fraction of sp³-hybridized carbons (Fsp3) is 0.929. The highest BCUT2D eigenvalue weighted by molar-refractivity contribution is 5.84. The van der Waals surface area contributed by atoms with Crippen molar-refractivity contribution in [3.8, 4) is 0 Å². The Balaban J connectivity index is 1.75. The summed E-state index contributed by atoms with van der Waals surface area (Å²) >= 11 is 0. The van der Waals surface area contributed by atoms with Crippen LogP contribution in [0.25, 0.3) is 0 Å². The fourth-order valence-electron chi connectivity index (χ4n) is 3.78. The number of nitrogens with one attached hydrogen (secondary N) is 1. The zero-order valence-corrected chi connectivity index (χ0v) is 11.2. The molecule has 18 heavy (non-hydrogen) atoms. The van der Waals surface area contributed by atoms with Crippen LogP contribution in [0.5, 0.6) is 0 Å². The number of rotatable bonds is 2. The molecular formula is C14H24N2O2. The van der Waals surface area contributed by atoms with Gasteiger partial charge in [0.2, 0.25) is 5.91 Å². The van der Waals surface area contributed by atoms with Gasteiger partial charge in [-0.05, 0) is 38.5 Å². The summed E-state index contributed by atoms with van der Waals surface area (Å²) in [6, 6.07) is 0.396. The lowest BCUT2D eigenvalue weighted by Gasteiger charge is -2.37. The molecule has 2 atom stereocenters. The van der Waals surface area contributed by atoms with Crippen molar-refractivity contribution in [1.29, 1.82) is 0 Å². The molecule has 4 heteroatoms. The highest BCUT2D eigenvalue weighted by Gasteiger charge is 2.44. The highest BCUT2D eigenvalue weighted by Crippen LogP contribution is 2.34. The first-order valence-corrected chi connectivity index (χ1v) is 7.43. The van der Waals surface area contributed by atoms with Gasteiger partial charge >= 0.3 is 0 Å². The molecule has 2 heterocycles. The zero-order chi connectivity index (χ0) is 12.5. The van der Waals surface area contributed by atoms with Crippen LogP contribution in [0, 0.1) is 5.92 Å². The fourth-order valence-corrected chi connectivity index (χ4v) is 3.78. The standard InChI is InChI=1S/C14H24N2O2/c1-10-14(17)16(12-6-8-18-9-7-12)13(15-10)11-4-2-3-5-11/h10-13,15H,2-9H2,1H3. The average Bonchev–Trinajstić information content (AvgIpc) is 3.00. The van der Waals surface area contributed by atoms with Crippen LogP contribution in [0.1, 0.15) is 45.4 Å². The monoisotopic (exact) mass is 252 g/mol. The van der Waals surface area contributed by atoms with E-state index in [1.165, 1.54) is 25.7 Å². The number of nitrogens with zero attached hydrogens (tertiary/aromatic N) is 1. The van der Waals surface area contributed by atoms with Gasteiger partial charge in [-0.25, -0.2) is 0 Å². The number of ether oxygens (including phenoxy) is 1. The molecule has 2 unspecified atom stereocenters. The summed E-state index contributed by atoms with van der Waals surface area (Å²) < 4.78 is 5.42. The predicted molar refractivity (Wildman–Crippen MR) is 69.0 cm³/mol. The van der Waals surface area contributed by atoms with E-state index in [0.29, 0.717) is 17.9 Å². The van der Waals surface area contributed by atoms with Crippen LogP contribution in [0.3, 0.4) is 0 Å². The lowest BCUT2D eigenvalue weighted by molar-refractivity contribution is -0.134. The van der Waals surface area contributed by atoms with Crippen molar-refractivity contribution in [3.63, 3.8) is 0 Å². The van der Waals surface area contributed by atoms with Gasteiger partial charge in [-0.2, -0.15) is 0 Å². The molecule has 0 aromatic rings. The van der Waals surface area contributed by atoms with Gasteiger partial charge in [0.15, 0.2) is 0 Å². The number of carbonyl (C=O) groups is 1. The Bertz CT molecular complexity index is 309. The molecule has 102 valence electrons. The first kappa shape index (κ1) is 12.4. The average molecular weight is 252 g/mol. The maximum Gasteiger partial charge on any atom is 0.240 e. The molecule has 0 spiro atoms. The van der Waals surface area contributed by atoms with Crippen molar-refractivity contribution in [1.82, 2.24) is 10.2 Å². The van der Waals surface area contributed by atoms with Gasteiger partial charge in [0.1, 0.15) is 0 Å². The molecule has 3 fully saturated rings. The first-order valence-electron chi connectivity index (χ1n) is 7.43. The molecule has 3 rings (SSSR count). The molecule has 1 aliphatic carbocycles. The van der Waals surface area contributed by atoms with Crippen molar-refractivity contribution >= 4 is 5.91 Å². The molecule has 0 aromatic heterocycles. The minimum absolute atomic E-state index is 0.00144. The van der Waals surface area contributed by atoms with E-state index in [1.807, 2.05) is 6.92 Å². The third-order valence-corrected chi connectivity index (χ3v) is 4.78. The molecule has 2 aliphatic heterocycles. The SMILES string of the molecule is CC1NC(C2CCCC2)N(C2CCOCC2)C1=O. The van der Waals surface area contributed by atoms with Crippen molar-refractivity contribution in [2.45, 2.75) is 63.7 Å². The van der Waals surface area contributed by atoms with Gasteiger partial charge in [0, 0.05) is 19.3 Å². The molecule has 0 aromatic carbocycles. The second-order valence-corrected chi connectivity index (χ2v) is 5.97. The van der Waals surface area contributed by atoms with Crippen LogP contribution in [-0.2, 0) is 9.53 Å². The molecule has 3 aliphatic rings. The number of carbonyl (C=O) groups excluding carboxylic acids is 1. The second-order valence-electron chi connectivity index (χ2n) is 5.97. The van der Waals surface area contributed by atoms with E-state index >= 15 is 0 Å². The third-order valence-electron chi connectivity index (χ3n) is 4.78. The number of hydrogen-bond donors (Lipinski definition) is 1. The molecule has 1 N–H and O–H groups in total. The van der Waals surface area contributed by atoms with E-state index in [4.69, 9.17) is 4.74 Å². The molecule has 4 nitrogen and oxygen atoms in total. The van der Waals surface area contributed by atoms with Gasteiger partial charge in [-0.1, -0.05) is 12.8 Å². The molecular weight excluding hydrogens is 228 g/mol. The Hall–Kier alpha value is -0.610. The Morgan fingerprint density at radius 1 is 1.17 bits per heavy atom. The van der Waals surface area contributed by atoms with Crippen LogP contribution in [-0.4, -0.2) is 42.3 Å². The summed E-state index contributed by atoms with van der Waals surface area (Å²) in [6.45, 7) is 3.62. The lowest BCUT2D eigenvalue weighted by Crippen LogP contribution is -2.49. The van der Waals surface area contributed by atoms with Crippen LogP contribution in [0.4, 0.5) is 0 Å². The normalized spacial score (nSPS) is 35.6. The molecule has 0 bridgehead atoms. The molecule has 1 amide bonds. The molecule has 1 saturated carbocycles. The van der Waals surface area contributed by atoms with E-state index in [9.17, 15) is 4.79 Å². The Labute approximate surface area is 109 Å². The largest absolute Gasteiger partial charge is 0.381 e. The van der Waals surface area contributed by atoms with Gasteiger partial charge in [-0.3, -0.25) is 10.1 Å². The minimum Gasteiger partial charge on any atom is -0.381 e. The first-order chi connectivity index (χ1) is 8.77. The maximum absolute atomic E-state index is 12.4. The quantitative estimate of drug-likeness (QED) is 0.810.